The van der Waals surface area contributed by atoms with Gasteiger partial charge in [-0.2, -0.15) is 0 Å². The number of hydrogen-bond donors (Lipinski definition) is 2. The maximum atomic E-state index is 11.2. The van der Waals surface area contributed by atoms with Gasteiger partial charge in [0, 0.05) is 19.0 Å². The molecule has 0 bridgehead atoms. The number of rotatable bonds is 7. The van der Waals surface area contributed by atoms with E-state index in [2.05, 4.69) is 18.8 Å². The Bertz CT molecular complexity index is 157. The van der Waals surface area contributed by atoms with Gasteiger partial charge in [0.1, 0.15) is 0 Å². The van der Waals surface area contributed by atoms with Crippen LogP contribution >= 0.6 is 0 Å². The van der Waals surface area contributed by atoms with Crippen LogP contribution in [0.2, 0.25) is 0 Å². The Hall–Kier alpha value is -0.830. The van der Waals surface area contributed by atoms with Gasteiger partial charge in [0.25, 0.3) is 0 Å². The molecule has 3 N–H and O–H groups in total. The maximum absolute atomic E-state index is 11.2. The molecule has 0 aliphatic carbocycles. The molecular weight excluding hydrogens is 164 g/mol. The van der Waals surface area contributed by atoms with Crippen molar-refractivity contribution in [2.24, 2.45) is 5.73 Å². The summed E-state index contributed by atoms with van der Waals surface area (Å²) in [6.45, 7) is 6.17. The van der Waals surface area contributed by atoms with E-state index in [1.54, 1.807) is 6.08 Å². The molecule has 3 heteroatoms. The molecule has 0 rings (SSSR count). The van der Waals surface area contributed by atoms with Crippen LogP contribution in [0.3, 0.4) is 0 Å². The first kappa shape index (κ1) is 12.2. The van der Waals surface area contributed by atoms with Gasteiger partial charge in [-0.1, -0.05) is 19.4 Å². The van der Waals surface area contributed by atoms with Crippen LogP contribution in [-0.4, -0.2) is 18.5 Å². The summed E-state index contributed by atoms with van der Waals surface area (Å²) < 4.78 is 0. The van der Waals surface area contributed by atoms with E-state index in [0.717, 1.165) is 19.3 Å². The van der Waals surface area contributed by atoms with Gasteiger partial charge in [-0.3, -0.25) is 4.79 Å². The average molecular weight is 184 g/mol. The Morgan fingerprint density at radius 3 is 2.85 bits per heavy atom. The van der Waals surface area contributed by atoms with E-state index in [1.165, 1.54) is 0 Å². The number of carbonyl (C=O) groups is 1. The molecule has 0 saturated carbocycles. The molecule has 1 atom stereocenters. The predicted molar refractivity (Wildman–Crippen MR) is 55.3 cm³/mol. The van der Waals surface area contributed by atoms with Gasteiger partial charge >= 0.3 is 0 Å². The normalized spacial score (nSPS) is 12.2. The smallest absolute Gasteiger partial charge is 0.220 e. The quantitative estimate of drug-likeness (QED) is 0.584. The minimum atomic E-state index is 0.0730. The number of carbonyl (C=O) groups excluding carboxylic acids is 1. The van der Waals surface area contributed by atoms with Gasteiger partial charge < -0.3 is 11.1 Å². The highest BCUT2D eigenvalue weighted by molar-refractivity contribution is 5.76. The minimum absolute atomic E-state index is 0.0730. The van der Waals surface area contributed by atoms with E-state index >= 15 is 0 Å². The number of nitrogens with two attached hydrogens (primary N) is 1. The first-order valence-electron chi connectivity index (χ1n) is 4.84. The summed E-state index contributed by atoms with van der Waals surface area (Å²) in [7, 11) is 0. The summed E-state index contributed by atoms with van der Waals surface area (Å²) in [6, 6.07) is 0.141. The first-order valence-corrected chi connectivity index (χ1v) is 4.84. The Morgan fingerprint density at radius 1 is 1.69 bits per heavy atom. The first-order chi connectivity index (χ1) is 6.24. The number of amides is 1. The molecule has 13 heavy (non-hydrogen) atoms. The van der Waals surface area contributed by atoms with Crippen LogP contribution in [0.4, 0.5) is 0 Å². The van der Waals surface area contributed by atoms with Crippen molar-refractivity contribution in [3.8, 4) is 0 Å². The van der Waals surface area contributed by atoms with Crippen molar-refractivity contribution in [1.29, 1.82) is 0 Å². The van der Waals surface area contributed by atoms with E-state index in [-0.39, 0.29) is 11.9 Å². The second kappa shape index (κ2) is 7.80. The predicted octanol–water partition coefficient (Wildman–Crippen LogP) is 1.20. The number of hydrogen-bond acceptors (Lipinski definition) is 2. The molecule has 0 aromatic heterocycles. The molecule has 0 aliphatic heterocycles. The van der Waals surface area contributed by atoms with E-state index < -0.39 is 0 Å². The lowest BCUT2D eigenvalue weighted by atomic mass is 10.1. The van der Waals surface area contributed by atoms with Gasteiger partial charge in [0.2, 0.25) is 5.91 Å². The second-order valence-electron chi connectivity index (χ2n) is 3.12. The monoisotopic (exact) mass is 184 g/mol. The molecule has 0 radical (unpaired) electrons. The topological polar surface area (TPSA) is 55.1 Å². The largest absolute Gasteiger partial charge is 0.352 e. The van der Waals surface area contributed by atoms with Gasteiger partial charge in [-0.25, -0.2) is 0 Å². The molecule has 0 spiro atoms. The summed E-state index contributed by atoms with van der Waals surface area (Å²) in [5.41, 5.74) is 5.50. The van der Waals surface area contributed by atoms with Gasteiger partial charge in [0.15, 0.2) is 0 Å². The lowest BCUT2D eigenvalue weighted by molar-refractivity contribution is -0.121. The molecule has 0 saturated heterocycles. The molecule has 1 amide bonds. The van der Waals surface area contributed by atoms with E-state index in [0.29, 0.717) is 13.0 Å². The van der Waals surface area contributed by atoms with E-state index in [9.17, 15) is 4.79 Å². The zero-order valence-corrected chi connectivity index (χ0v) is 8.38. The Kier molecular flexibility index (Phi) is 7.30. The van der Waals surface area contributed by atoms with Crippen LogP contribution in [0.1, 0.15) is 32.6 Å². The highest BCUT2D eigenvalue weighted by Crippen LogP contribution is 1.96. The SMILES string of the molecule is C=CCCC(=O)NC(CN)CCC. The Balaban J connectivity index is 3.65. The number of allylic oxidation sites excluding steroid dienone is 1. The van der Waals surface area contributed by atoms with Crippen molar-refractivity contribution >= 4 is 5.91 Å². The summed E-state index contributed by atoms with van der Waals surface area (Å²) >= 11 is 0. The van der Waals surface area contributed by atoms with Crippen molar-refractivity contribution in [3.05, 3.63) is 12.7 Å². The third kappa shape index (κ3) is 6.34. The van der Waals surface area contributed by atoms with Gasteiger partial charge in [-0.05, 0) is 12.8 Å². The van der Waals surface area contributed by atoms with Crippen molar-refractivity contribution < 1.29 is 4.79 Å². The summed E-state index contributed by atoms with van der Waals surface area (Å²) in [5.74, 6) is 0.0730. The molecule has 0 heterocycles. The van der Waals surface area contributed by atoms with Crippen molar-refractivity contribution in [2.45, 2.75) is 38.6 Å². The van der Waals surface area contributed by atoms with Crippen LogP contribution in [0, 0.1) is 0 Å². The average Bonchev–Trinajstić information content (AvgIpc) is 2.14. The van der Waals surface area contributed by atoms with Crippen LogP contribution < -0.4 is 11.1 Å². The molecule has 0 aromatic carbocycles. The minimum Gasteiger partial charge on any atom is -0.352 e. The Morgan fingerprint density at radius 2 is 2.38 bits per heavy atom. The fraction of sp³-hybridized carbons (Fsp3) is 0.700. The lowest BCUT2D eigenvalue weighted by Gasteiger charge is -2.15. The van der Waals surface area contributed by atoms with Gasteiger partial charge in [0.05, 0.1) is 0 Å². The van der Waals surface area contributed by atoms with Crippen molar-refractivity contribution in [1.82, 2.24) is 5.32 Å². The fourth-order valence-corrected chi connectivity index (χ4v) is 1.13. The summed E-state index contributed by atoms with van der Waals surface area (Å²) in [6.07, 6.45) is 5.00. The van der Waals surface area contributed by atoms with Crippen molar-refractivity contribution in [2.75, 3.05) is 6.54 Å². The van der Waals surface area contributed by atoms with Crippen LogP contribution in [0.25, 0.3) is 0 Å². The zero-order chi connectivity index (χ0) is 10.1. The molecular formula is C10H20N2O. The van der Waals surface area contributed by atoms with Crippen molar-refractivity contribution in [3.63, 3.8) is 0 Å². The maximum Gasteiger partial charge on any atom is 0.220 e. The third-order valence-corrected chi connectivity index (χ3v) is 1.86. The molecule has 3 nitrogen and oxygen atoms in total. The van der Waals surface area contributed by atoms with Crippen LogP contribution in [-0.2, 0) is 4.79 Å². The van der Waals surface area contributed by atoms with Gasteiger partial charge in [-0.15, -0.1) is 6.58 Å². The standard InChI is InChI=1S/C10H20N2O/c1-3-5-7-10(13)12-9(8-11)6-4-2/h3,9H,1,4-8,11H2,2H3,(H,12,13). The van der Waals surface area contributed by atoms with E-state index in [4.69, 9.17) is 5.73 Å². The molecule has 1 unspecified atom stereocenters. The number of nitrogens with one attached hydrogen (secondary N) is 1. The highest BCUT2D eigenvalue weighted by Gasteiger charge is 2.07. The summed E-state index contributed by atoms with van der Waals surface area (Å²) in [5, 5.41) is 2.89. The summed E-state index contributed by atoms with van der Waals surface area (Å²) in [4.78, 5) is 11.2. The zero-order valence-electron chi connectivity index (χ0n) is 8.38. The fourth-order valence-electron chi connectivity index (χ4n) is 1.13. The highest BCUT2D eigenvalue weighted by atomic mass is 16.1. The lowest BCUT2D eigenvalue weighted by Crippen LogP contribution is -2.39. The molecule has 76 valence electrons. The molecule has 0 aliphatic rings. The van der Waals surface area contributed by atoms with Crippen LogP contribution in [0.15, 0.2) is 12.7 Å². The molecule has 0 fully saturated rings. The van der Waals surface area contributed by atoms with Crippen LogP contribution in [0.5, 0.6) is 0 Å². The molecule has 0 aromatic rings. The third-order valence-electron chi connectivity index (χ3n) is 1.86. The van der Waals surface area contributed by atoms with E-state index in [1.807, 2.05) is 0 Å². The Labute approximate surface area is 80.4 Å². The second-order valence-corrected chi connectivity index (χ2v) is 3.12.